The summed E-state index contributed by atoms with van der Waals surface area (Å²) >= 11 is 0. The quantitative estimate of drug-likeness (QED) is 0.618. The van der Waals surface area contributed by atoms with Gasteiger partial charge in [0, 0.05) is 11.1 Å². The third-order valence-electron chi connectivity index (χ3n) is 3.47. The van der Waals surface area contributed by atoms with Crippen molar-refractivity contribution in [3.8, 4) is 5.75 Å². The average Bonchev–Trinajstić information content (AvgIpc) is 2.60. The Morgan fingerprint density at radius 3 is 2.40 bits per heavy atom. The second-order valence-corrected chi connectivity index (χ2v) is 5.30. The highest BCUT2D eigenvalue weighted by Gasteiger charge is 2.13. The van der Waals surface area contributed by atoms with Crippen molar-refractivity contribution < 1.29 is 23.9 Å². The second-order valence-electron chi connectivity index (χ2n) is 5.30. The number of methoxy groups -OCH3 is 1. The molecule has 25 heavy (non-hydrogen) atoms. The molecule has 0 radical (unpaired) electrons. The van der Waals surface area contributed by atoms with Gasteiger partial charge < -0.3 is 14.8 Å². The lowest BCUT2D eigenvalue weighted by Gasteiger charge is -2.10. The summed E-state index contributed by atoms with van der Waals surface area (Å²) in [5.41, 5.74) is 1.47. The van der Waals surface area contributed by atoms with Crippen LogP contribution in [0.25, 0.3) is 0 Å². The maximum Gasteiger partial charge on any atom is 0.310 e. The van der Waals surface area contributed by atoms with Crippen LogP contribution in [-0.4, -0.2) is 31.4 Å². The molecular weight excluding hydrogens is 322 g/mol. The van der Waals surface area contributed by atoms with E-state index in [2.05, 4.69) is 5.32 Å². The van der Waals surface area contributed by atoms with Gasteiger partial charge in [-0.25, -0.2) is 0 Å². The molecule has 2 aromatic carbocycles. The van der Waals surface area contributed by atoms with Crippen LogP contribution in [0.1, 0.15) is 22.8 Å². The molecule has 0 aromatic heterocycles. The van der Waals surface area contributed by atoms with Crippen molar-refractivity contribution in [2.45, 2.75) is 13.3 Å². The Hall–Kier alpha value is -3.15. The highest BCUT2D eigenvalue weighted by molar-refractivity contribution is 6.04. The van der Waals surface area contributed by atoms with Gasteiger partial charge in [0.1, 0.15) is 5.75 Å². The van der Waals surface area contributed by atoms with Crippen LogP contribution in [0.15, 0.2) is 48.5 Å². The second kappa shape index (κ2) is 8.63. The maximum atomic E-state index is 11.9. The van der Waals surface area contributed by atoms with Crippen molar-refractivity contribution in [2.75, 3.05) is 19.0 Å². The van der Waals surface area contributed by atoms with Crippen LogP contribution in [0, 0.1) is 0 Å². The molecule has 0 aliphatic rings. The van der Waals surface area contributed by atoms with Gasteiger partial charge in [-0.2, -0.15) is 0 Å². The van der Waals surface area contributed by atoms with E-state index in [9.17, 15) is 14.4 Å². The molecule has 0 unspecified atom stereocenters. The fourth-order valence-electron chi connectivity index (χ4n) is 2.29. The van der Waals surface area contributed by atoms with Crippen molar-refractivity contribution >= 4 is 23.3 Å². The highest BCUT2D eigenvalue weighted by atomic mass is 16.5. The number of esters is 1. The molecule has 0 saturated heterocycles. The lowest BCUT2D eigenvalue weighted by atomic mass is 10.1. The van der Waals surface area contributed by atoms with E-state index in [1.165, 1.54) is 14.0 Å². The zero-order chi connectivity index (χ0) is 18.2. The van der Waals surface area contributed by atoms with Crippen LogP contribution in [0.2, 0.25) is 0 Å². The van der Waals surface area contributed by atoms with Crippen LogP contribution < -0.4 is 10.1 Å². The zero-order valence-electron chi connectivity index (χ0n) is 14.1. The monoisotopic (exact) mass is 341 g/mol. The molecule has 0 atom stereocenters. The van der Waals surface area contributed by atoms with Gasteiger partial charge in [-0.15, -0.1) is 0 Å². The predicted octanol–water partition coefficient (Wildman–Crippen LogP) is 2.62. The molecule has 1 amide bonds. The van der Waals surface area contributed by atoms with Crippen LogP contribution in [-0.2, 0) is 20.7 Å². The van der Waals surface area contributed by atoms with E-state index >= 15 is 0 Å². The molecule has 0 spiro atoms. The molecule has 0 fully saturated rings. The van der Waals surface area contributed by atoms with E-state index in [1.807, 2.05) is 0 Å². The van der Waals surface area contributed by atoms with Gasteiger partial charge in [0.2, 0.25) is 0 Å². The summed E-state index contributed by atoms with van der Waals surface area (Å²) in [4.78, 5) is 35.4. The van der Waals surface area contributed by atoms with Crippen molar-refractivity contribution in [1.82, 2.24) is 0 Å². The Morgan fingerprint density at radius 2 is 1.68 bits per heavy atom. The number of ketones is 1. The highest BCUT2D eigenvalue weighted by Crippen LogP contribution is 2.18. The molecule has 0 heterocycles. The smallest absolute Gasteiger partial charge is 0.310 e. The molecule has 0 saturated carbocycles. The Bertz CT molecular complexity index is 785. The molecule has 0 bridgehead atoms. The lowest BCUT2D eigenvalue weighted by Crippen LogP contribution is -2.22. The van der Waals surface area contributed by atoms with Gasteiger partial charge in [0.15, 0.2) is 12.4 Å². The molecule has 0 aliphatic heterocycles. The zero-order valence-corrected chi connectivity index (χ0v) is 14.1. The summed E-state index contributed by atoms with van der Waals surface area (Å²) < 4.78 is 10.2. The SMILES string of the molecule is COc1ccccc1CC(=O)OCC(=O)Nc1ccccc1C(C)=O. The van der Waals surface area contributed by atoms with Crippen molar-refractivity contribution in [2.24, 2.45) is 0 Å². The van der Waals surface area contributed by atoms with E-state index < -0.39 is 18.5 Å². The number of anilines is 1. The molecule has 130 valence electrons. The van der Waals surface area contributed by atoms with E-state index in [0.29, 0.717) is 22.6 Å². The minimum atomic E-state index is -0.542. The van der Waals surface area contributed by atoms with Crippen molar-refractivity contribution in [3.05, 3.63) is 59.7 Å². The van der Waals surface area contributed by atoms with E-state index in [-0.39, 0.29) is 12.2 Å². The van der Waals surface area contributed by atoms with E-state index in [0.717, 1.165) is 0 Å². The molecule has 2 rings (SSSR count). The normalized spacial score (nSPS) is 10.0. The standard InChI is InChI=1S/C19H19NO5/c1-13(21)15-8-4-5-9-16(15)20-18(22)12-25-19(23)11-14-7-3-6-10-17(14)24-2/h3-10H,11-12H2,1-2H3,(H,20,22). The number of carbonyl (C=O) groups excluding carboxylic acids is 3. The predicted molar refractivity (Wildman–Crippen MR) is 92.7 cm³/mol. The third-order valence-corrected chi connectivity index (χ3v) is 3.47. The van der Waals surface area contributed by atoms with Gasteiger partial charge in [0.05, 0.1) is 19.2 Å². The molecule has 2 aromatic rings. The van der Waals surface area contributed by atoms with Crippen LogP contribution in [0.4, 0.5) is 5.69 Å². The minimum absolute atomic E-state index is 0.00132. The first-order chi connectivity index (χ1) is 12.0. The largest absolute Gasteiger partial charge is 0.496 e. The lowest BCUT2D eigenvalue weighted by molar-refractivity contribution is -0.146. The Labute approximate surface area is 145 Å². The van der Waals surface area contributed by atoms with Gasteiger partial charge in [0.25, 0.3) is 5.91 Å². The fourth-order valence-corrected chi connectivity index (χ4v) is 2.29. The summed E-state index contributed by atoms with van der Waals surface area (Å²) in [6, 6.07) is 13.7. The number of hydrogen-bond acceptors (Lipinski definition) is 5. The van der Waals surface area contributed by atoms with Crippen molar-refractivity contribution in [3.63, 3.8) is 0 Å². The van der Waals surface area contributed by atoms with Crippen LogP contribution in [0.3, 0.4) is 0 Å². The number of Topliss-reactive ketones (excluding diaryl/α,β-unsaturated/α-hetero) is 1. The Morgan fingerprint density at radius 1 is 1.00 bits per heavy atom. The molecular formula is C19H19NO5. The van der Waals surface area contributed by atoms with Gasteiger partial charge >= 0.3 is 5.97 Å². The Balaban J connectivity index is 1.90. The molecule has 0 aliphatic carbocycles. The minimum Gasteiger partial charge on any atom is -0.496 e. The van der Waals surface area contributed by atoms with Gasteiger partial charge in [-0.3, -0.25) is 14.4 Å². The number of benzene rings is 2. The molecule has 6 heteroatoms. The number of rotatable bonds is 7. The number of nitrogens with one attached hydrogen (secondary N) is 1. The van der Waals surface area contributed by atoms with Crippen molar-refractivity contribution in [1.29, 1.82) is 0 Å². The summed E-state index contributed by atoms with van der Waals surface area (Å²) in [6.45, 7) is 0.985. The summed E-state index contributed by atoms with van der Waals surface area (Å²) in [5, 5.41) is 2.57. The first kappa shape index (κ1) is 18.2. The molecule has 1 N–H and O–H groups in total. The van der Waals surface area contributed by atoms with Gasteiger partial charge in [-0.05, 0) is 25.1 Å². The first-order valence-corrected chi connectivity index (χ1v) is 7.68. The average molecular weight is 341 g/mol. The number of para-hydroxylation sites is 2. The fraction of sp³-hybridized carbons (Fsp3) is 0.211. The van der Waals surface area contributed by atoms with Crippen LogP contribution >= 0.6 is 0 Å². The number of amides is 1. The van der Waals surface area contributed by atoms with E-state index in [4.69, 9.17) is 9.47 Å². The topological polar surface area (TPSA) is 81.7 Å². The first-order valence-electron chi connectivity index (χ1n) is 7.68. The summed E-state index contributed by atoms with van der Waals surface area (Å²) in [6.07, 6.45) is 0.00132. The number of hydrogen-bond donors (Lipinski definition) is 1. The number of carbonyl (C=O) groups is 3. The van der Waals surface area contributed by atoms with Gasteiger partial charge in [-0.1, -0.05) is 30.3 Å². The Kier molecular flexibility index (Phi) is 6.28. The third kappa shape index (κ3) is 5.17. The maximum absolute atomic E-state index is 11.9. The number of ether oxygens (including phenoxy) is 2. The van der Waals surface area contributed by atoms with Crippen LogP contribution in [0.5, 0.6) is 5.75 Å². The summed E-state index contributed by atoms with van der Waals surface area (Å²) in [5.74, 6) is -0.634. The van der Waals surface area contributed by atoms with E-state index in [1.54, 1.807) is 48.5 Å². The summed E-state index contributed by atoms with van der Waals surface area (Å²) in [7, 11) is 1.52. The molecule has 6 nitrogen and oxygen atoms in total.